The number of halogens is 1. The van der Waals surface area contributed by atoms with E-state index in [1.165, 1.54) is 10.4 Å². The zero-order valence-corrected chi connectivity index (χ0v) is 13.5. The normalized spacial score (nSPS) is 17.5. The molecule has 0 radical (unpaired) electrons. The van der Waals surface area contributed by atoms with Crippen LogP contribution in [-0.4, -0.2) is 30.9 Å². The van der Waals surface area contributed by atoms with Crippen molar-refractivity contribution in [1.82, 2.24) is 4.31 Å². The summed E-state index contributed by atoms with van der Waals surface area (Å²) in [7, 11) is -1.98. The molecule has 1 unspecified atom stereocenters. The number of benzene rings is 1. The Balaban J connectivity index is 2.45. The second-order valence-corrected chi connectivity index (χ2v) is 7.85. The van der Waals surface area contributed by atoms with Gasteiger partial charge in [-0.2, -0.15) is 4.31 Å². The van der Waals surface area contributed by atoms with Gasteiger partial charge in [-0.05, 0) is 55.9 Å². The topological polar surface area (TPSA) is 57.6 Å². The van der Waals surface area contributed by atoms with Gasteiger partial charge in [0.25, 0.3) is 0 Å². The molecule has 1 aliphatic rings. The number of aliphatic hydroxyl groups excluding tert-OH is 1. The first-order valence-electron chi connectivity index (χ1n) is 6.67. The number of sulfonamides is 1. The van der Waals surface area contributed by atoms with Gasteiger partial charge >= 0.3 is 0 Å². The standard InChI is InChI=1S/C14H20ClNO3S/c1-9-12(8-17)6-13(15)7-14(9)20(18,19)16(3)10(2)11-4-5-11/h6-7,10-11,17H,4-5,8H2,1-3H3. The lowest BCUT2D eigenvalue weighted by molar-refractivity contribution is 0.280. The van der Waals surface area contributed by atoms with Gasteiger partial charge < -0.3 is 5.11 Å². The van der Waals surface area contributed by atoms with Crippen molar-refractivity contribution in [3.05, 3.63) is 28.3 Å². The van der Waals surface area contributed by atoms with Crippen molar-refractivity contribution in [3.63, 3.8) is 0 Å². The summed E-state index contributed by atoms with van der Waals surface area (Å²) in [6, 6.07) is 3.04. The molecule has 112 valence electrons. The van der Waals surface area contributed by atoms with Crippen molar-refractivity contribution >= 4 is 21.6 Å². The van der Waals surface area contributed by atoms with Gasteiger partial charge in [-0.3, -0.25) is 0 Å². The summed E-state index contributed by atoms with van der Waals surface area (Å²) in [4.78, 5) is 0.184. The molecule has 0 aromatic heterocycles. The van der Waals surface area contributed by atoms with Gasteiger partial charge in [0.2, 0.25) is 10.0 Å². The minimum Gasteiger partial charge on any atom is -0.392 e. The van der Waals surface area contributed by atoms with Crippen LogP contribution < -0.4 is 0 Å². The average molecular weight is 318 g/mol. The predicted octanol–water partition coefficient (Wildman–Crippen LogP) is 2.56. The van der Waals surface area contributed by atoms with Crippen molar-refractivity contribution in [1.29, 1.82) is 0 Å². The Morgan fingerprint density at radius 2 is 2.05 bits per heavy atom. The molecule has 1 fully saturated rings. The molecule has 6 heteroatoms. The fraction of sp³-hybridized carbons (Fsp3) is 0.571. The fourth-order valence-electron chi connectivity index (χ4n) is 2.39. The van der Waals surface area contributed by atoms with Gasteiger partial charge in [0.1, 0.15) is 0 Å². The lowest BCUT2D eigenvalue weighted by atomic mass is 10.1. The highest BCUT2D eigenvalue weighted by Gasteiger charge is 2.36. The van der Waals surface area contributed by atoms with Crippen LogP contribution in [0.3, 0.4) is 0 Å². The minimum atomic E-state index is -3.59. The molecule has 0 heterocycles. The van der Waals surface area contributed by atoms with E-state index in [1.807, 2.05) is 6.92 Å². The lowest BCUT2D eigenvalue weighted by Gasteiger charge is -2.25. The van der Waals surface area contributed by atoms with Gasteiger partial charge in [-0.15, -0.1) is 0 Å². The Morgan fingerprint density at radius 1 is 1.45 bits per heavy atom. The summed E-state index contributed by atoms with van der Waals surface area (Å²) in [5.74, 6) is 0.451. The molecule has 1 N–H and O–H groups in total. The van der Waals surface area contributed by atoms with Crippen LogP contribution in [0.15, 0.2) is 17.0 Å². The number of hydrogen-bond acceptors (Lipinski definition) is 3. The smallest absolute Gasteiger partial charge is 0.243 e. The molecule has 1 aromatic carbocycles. The van der Waals surface area contributed by atoms with Crippen molar-refractivity contribution in [2.45, 2.75) is 44.2 Å². The third-order valence-corrected chi connectivity index (χ3v) is 6.43. The largest absolute Gasteiger partial charge is 0.392 e. The molecule has 0 bridgehead atoms. The fourth-order valence-corrected chi connectivity index (χ4v) is 4.41. The van der Waals surface area contributed by atoms with E-state index < -0.39 is 10.0 Å². The van der Waals surface area contributed by atoms with Gasteiger partial charge in [0.15, 0.2) is 0 Å². The Labute approximate surface area is 125 Å². The van der Waals surface area contributed by atoms with Crippen LogP contribution in [0.2, 0.25) is 5.02 Å². The van der Waals surface area contributed by atoms with E-state index in [4.69, 9.17) is 11.6 Å². The van der Waals surface area contributed by atoms with Crippen LogP contribution >= 0.6 is 11.6 Å². The van der Waals surface area contributed by atoms with E-state index in [2.05, 4.69) is 0 Å². The van der Waals surface area contributed by atoms with E-state index in [9.17, 15) is 13.5 Å². The number of hydrogen-bond donors (Lipinski definition) is 1. The van der Waals surface area contributed by atoms with Gasteiger partial charge in [-0.25, -0.2) is 8.42 Å². The summed E-state index contributed by atoms with van der Waals surface area (Å²) < 4.78 is 26.9. The molecule has 20 heavy (non-hydrogen) atoms. The van der Waals surface area contributed by atoms with Crippen LogP contribution in [0, 0.1) is 12.8 Å². The first-order valence-corrected chi connectivity index (χ1v) is 8.48. The van der Waals surface area contributed by atoms with Crippen LogP contribution in [0.4, 0.5) is 0 Å². The van der Waals surface area contributed by atoms with Gasteiger partial charge in [0.05, 0.1) is 11.5 Å². The highest BCUT2D eigenvalue weighted by Crippen LogP contribution is 2.37. The summed E-state index contributed by atoms with van der Waals surface area (Å²) in [6.45, 7) is 3.41. The van der Waals surface area contributed by atoms with E-state index in [0.717, 1.165) is 12.8 Å². The molecule has 0 amide bonds. The maximum atomic E-state index is 12.7. The molecular weight excluding hydrogens is 298 g/mol. The SMILES string of the molecule is Cc1c(CO)cc(Cl)cc1S(=O)(=O)N(C)C(C)C1CC1. The molecule has 1 aromatic rings. The maximum absolute atomic E-state index is 12.7. The third-order valence-electron chi connectivity index (χ3n) is 4.14. The zero-order chi connectivity index (χ0) is 15.1. The molecule has 0 saturated heterocycles. The summed E-state index contributed by atoms with van der Waals surface area (Å²) in [6.07, 6.45) is 2.16. The van der Waals surface area contributed by atoms with E-state index >= 15 is 0 Å². The molecule has 0 spiro atoms. The minimum absolute atomic E-state index is 0.0176. The quantitative estimate of drug-likeness (QED) is 0.908. The maximum Gasteiger partial charge on any atom is 0.243 e. The van der Waals surface area contributed by atoms with Crippen molar-refractivity contribution in [2.24, 2.45) is 5.92 Å². The van der Waals surface area contributed by atoms with E-state index in [1.54, 1.807) is 20.0 Å². The molecule has 1 atom stereocenters. The average Bonchev–Trinajstić information content (AvgIpc) is 3.23. The summed E-state index contributed by atoms with van der Waals surface area (Å²) in [5.41, 5.74) is 1.11. The first kappa shape index (κ1) is 15.8. The van der Waals surface area contributed by atoms with E-state index in [0.29, 0.717) is 22.1 Å². The predicted molar refractivity (Wildman–Crippen MR) is 79.2 cm³/mol. The Kier molecular flexibility index (Phi) is 4.44. The highest BCUT2D eigenvalue weighted by atomic mass is 35.5. The number of aliphatic hydroxyl groups is 1. The van der Waals surface area contributed by atoms with Crippen LogP contribution in [-0.2, 0) is 16.6 Å². The first-order chi connectivity index (χ1) is 9.28. The van der Waals surface area contributed by atoms with Gasteiger partial charge in [-0.1, -0.05) is 11.6 Å². The van der Waals surface area contributed by atoms with Crippen LogP contribution in [0.25, 0.3) is 0 Å². The Bertz CT molecular complexity index is 611. The van der Waals surface area contributed by atoms with Crippen molar-refractivity contribution in [3.8, 4) is 0 Å². The summed E-state index contributed by atoms with van der Waals surface area (Å²) >= 11 is 5.97. The second kappa shape index (κ2) is 5.64. The van der Waals surface area contributed by atoms with Crippen molar-refractivity contribution in [2.75, 3.05) is 7.05 Å². The molecule has 2 rings (SSSR count). The van der Waals surface area contributed by atoms with Crippen molar-refractivity contribution < 1.29 is 13.5 Å². The van der Waals surface area contributed by atoms with Crippen LogP contribution in [0.5, 0.6) is 0 Å². The molecule has 1 saturated carbocycles. The second-order valence-electron chi connectivity index (χ2n) is 5.45. The lowest BCUT2D eigenvalue weighted by Crippen LogP contribution is -2.36. The Hall–Kier alpha value is -0.620. The highest BCUT2D eigenvalue weighted by molar-refractivity contribution is 7.89. The summed E-state index contributed by atoms with van der Waals surface area (Å²) in [5, 5.41) is 9.64. The van der Waals surface area contributed by atoms with Gasteiger partial charge in [0, 0.05) is 18.1 Å². The van der Waals surface area contributed by atoms with Crippen LogP contribution in [0.1, 0.15) is 30.9 Å². The van der Waals surface area contributed by atoms with E-state index in [-0.39, 0.29) is 17.5 Å². The molecular formula is C14H20ClNO3S. The monoisotopic (exact) mass is 317 g/mol. The third kappa shape index (κ3) is 2.86. The molecule has 0 aliphatic heterocycles. The molecule has 4 nitrogen and oxygen atoms in total. The number of nitrogens with zero attached hydrogens (tertiary/aromatic N) is 1. The Morgan fingerprint density at radius 3 is 2.55 bits per heavy atom. The number of rotatable bonds is 5. The zero-order valence-electron chi connectivity index (χ0n) is 11.9. The molecule has 1 aliphatic carbocycles.